The maximum absolute atomic E-state index is 12.5. The van der Waals surface area contributed by atoms with Crippen molar-refractivity contribution in [2.45, 2.75) is 18.9 Å². The van der Waals surface area contributed by atoms with Gasteiger partial charge in [0, 0.05) is 12.1 Å². The van der Waals surface area contributed by atoms with Crippen molar-refractivity contribution in [3.05, 3.63) is 53.4 Å². The van der Waals surface area contributed by atoms with E-state index in [-0.39, 0.29) is 11.9 Å². The third-order valence-electron chi connectivity index (χ3n) is 4.50. The molecule has 6 heteroatoms. The van der Waals surface area contributed by atoms with E-state index in [9.17, 15) is 4.79 Å². The Morgan fingerprint density at radius 3 is 3.00 bits per heavy atom. The first-order valence-electron chi connectivity index (χ1n) is 8.20. The number of amides is 1. The molecule has 1 aliphatic heterocycles. The van der Waals surface area contributed by atoms with Gasteiger partial charge in [-0.25, -0.2) is 4.98 Å². The SMILES string of the molecule is O=C(NC[C@@H](c1ccco1)N1CCCC1)c1ccc2ncsc2c1. The number of carbonyl (C=O) groups excluding carboxylic acids is 1. The predicted octanol–water partition coefficient (Wildman–Crippen LogP) is 3.46. The van der Waals surface area contributed by atoms with Gasteiger partial charge < -0.3 is 9.73 Å². The van der Waals surface area contributed by atoms with Crippen LogP contribution in [-0.4, -0.2) is 35.4 Å². The Kier molecular flexibility index (Phi) is 4.32. The zero-order valence-corrected chi connectivity index (χ0v) is 14.1. The molecule has 1 amide bonds. The van der Waals surface area contributed by atoms with Gasteiger partial charge in [-0.2, -0.15) is 0 Å². The molecule has 0 saturated carbocycles. The maximum Gasteiger partial charge on any atom is 0.251 e. The summed E-state index contributed by atoms with van der Waals surface area (Å²) in [6, 6.07) is 9.61. The lowest BCUT2D eigenvalue weighted by Gasteiger charge is -2.26. The van der Waals surface area contributed by atoms with Crippen LogP contribution in [0.4, 0.5) is 0 Å². The second kappa shape index (κ2) is 6.75. The van der Waals surface area contributed by atoms with E-state index in [2.05, 4.69) is 15.2 Å². The number of carbonyl (C=O) groups is 1. The highest BCUT2D eigenvalue weighted by molar-refractivity contribution is 7.16. The fourth-order valence-electron chi connectivity index (χ4n) is 3.23. The second-order valence-electron chi connectivity index (χ2n) is 6.02. The number of fused-ring (bicyclic) bond motifs is 1. The number of likely N-dealkylation sites (tertiary alicyclic amines) is 1. The molecular formula is C18H19N3O2S. The number of hydrogen-bond acceptors (Lipinski definition) is 5. The number of nitrogens with zero attached hydrogens (tertiary/aromatic N) is 2. The molecule has 1 atom stereocenters. The molecule has 0 radical (unpaired) electrons. The maximum atomic E-state index is 12.5. The summed E-state index contributed by atoms with van der Waals surface area (Å²) >= 11 is 1.55. The zero-order chi connectivity index (χ0) is 16.4. The summed E-state index contributed by atoms with van der Waals surface area (Å²) in [5.74, 6) is 0.858. The first-order valence-corrected chi connectivity index (χ1v) is 9.08. The molecule has 3 aromatic rings. The number of nitrogens with one attached hydrogen (secondary N) is 1. The lowest BCUT2D eigenvalue weighted by molar-refractivity contribution is 0.0934. The van der Waals surface area contributed by atoms with Gasteiger partial charge >= 0.3 is 0 Å². The van der Waals surface area contributed by atoms with Gasteiger partial charge in [0.2, 0.25) is 0 Å². The molecule has 24 heavy (non-hydrogen) atoms. The van der Waals surface area contributed by atoms with Crippen LogP contribution in [0.5, 0.6) is 0 Å². The summed E-state index contributed by atoms with van der Waals surface area (Å²) in [7, 11) is 0. The van der Waals surface area contributed by atoms with Gasteiger partial charge in [-0.05, 0) is 56.3 Å². The summed E-state index contributed by atoms with van der Waals surface area (Å²) in [6.07, 6.45) is 4.10. The van der Waals surface area contributed by atoms with Crippen LogP contribution in [-0.2, 0) is 0 Å². The molecule has 0 aliphatic carbocycles. The van der Waals surface area contributed by atoms with Gasteiger partial charge in [0.25, 0.3) is 5.91 Å². The van der Waals surface area contributed by atoms with E-state index in [1.54, 1.807) is 23.1 Å². The summed E-state index contributed by atoms with van der Waals surface area (Å²) in [4.78, 5) is 19.2. The third kappa shape index (κ3) is 3.07. The fourth-order valence-corrected chi connectivity index (χ4v) is 3.95. The van der Waals surface area contributed by atoms with Crippen LogP contribution >= 0.6 is 11.3 Å². The van der Waals surface area contributed by atoms with Crippen molar-refractivity contribution in [3.63, 3.8) is 0 Å². The van der Waals surface area contributed by atoms with Crippen molar-refractivity contribution < 1.29 is 9.21 Å². The van der Waals surface area contributed by atoms with E-state index in [0.29, 0.717) is 12.1 Å². The third-order valence-corrected chi connectivity index (χ3v) is 5.29. The fraction of sp³-hybridized carbons (Fsp3) is 0.333. The molecule has 124 valence electrons. The number of aromatic nitrogens is 1. The van der Waals surface area contributed by atoms with E-state index in [1.165, 1.54) is 12.8 Å². The summed E-state index contributed by atoms with van der Waals surface area (Å²) in [5, 5.41) is 3.06. The lowest BCUT2D eigenvalue weighted by atomic mass is 10.1. The molecule has 1 saturated heterocycles. The van der Waals surface area contributed by atoms with Crippen molar-refractivity contribution >= 4 is 27.5 Å². The van der Waals surface area contributed by atoms with Gasteiger partial charge in [0.15, 0.2) is 0 Å². The Morgan fingerprint density at radius 1 is 1.33 bits per heavy atom. The minimum Gasteiger partial charge on any atom is -0.468 e. The molecule has 5 nitrogen and oxygen atoms in total. The van der Waals surface area contributed by atoms with Gasteiger partial charge in [-0.3, -0.25) is 9.69 Å². The standard InChI is InChI=1S/C18H19N3O2S/c22-18(13-5-6-14-17(10-13)24-12-20-14)19-11-15(16-4-3-9-23-16)21-7-1-2-8-21/h3-6,9-10,12,15H,1-2,7-8,11H2,(H,19,22)/t15-/m0/s1. The highest BCUT2D eigenvalue weighted by Gasteiger charge is 2.26. The van der Waals surface area contributed by atoms with Gasteiger partial charge in [-0.1, -0.05) is 0 Å². The van der Waals surface area contributed by atoms with Gasteiger partial charge in [-0.15, -0.1) is 11.3 Å². The molecule has 1 N–H and O–H groups in total. The minimum absolute atomic E-state index is 0.0546. The lowest BCUT2D eigenvalue weighted by Crippen LogP contribution is -2.36. The van der Waals surface area contributed by atoms with Crippen molar-refractivity contribution in [2.75, 3.05) is 19.6 Å². The first-order chi connectivity index (χ1) is 11.8. The average molecular weight is 341 g/mol. The number of rotatable bonds is 5. The topological polar surface area (TPSA) is 58.4 Å². The predicted molar refractivity (Wildman–Crippen MR) is 94.2 cm³/mol. The van der Waals surface area contributed by atoms with Crippen LogP contribution in [0.2, 0.25) is 0 Å². The van der Waals surface area contributed by atoms with Crippen LogP contribution in [0.15, 0.2) is 46.5 Å². The summed E-state index contributed by atoms with van der Waals surface area (Å²) in [6.45, 7) is 2.65. The van der Waals surface area contributed by atoms with Crippen LogP contribution in [0.3, 0.4) is 0 Å². The summed E-state index contributed by atoms with van der Waals surface area (Å²) in [5.41, 5.74) is 3.40. The molecule has 4 rings (SSSR count). The van der Waals surface area contributed by atoms with Crippen molar-refractivity contribution in [1.29, 1.82) is 0 Å². The Balaban J connectivity index is 1.47. The number of hydrogen-bond donors (Lipinski definition) is 1. The Morgan fingerprint density at radius 2 is 2.21 bits per heavy atom. The highest BCUT2D eigenvalue weighted by atomic mass is 32.1. The number of thiazole rings is 1. The second-order valence-corrected chi connectivity index (χ2v) is 6.91. The van der Waals surface area contributed by atoms with Crippen LogP contribution in [0.1, 0.15) is 35.0 Å². The Hall–Kier alpha value is -2.18. The van der Waals surface area contributed by atoms with E-state index in [0.717, 1.165) is 29.1 Å². The molecule has 3 heterocycles. The van der Waals surface area contributed by atoms with E-state index < -0.39 is 0 Å². The largest absolute Gasteiger partial charge is 0.468 e. The average Bonchev–Trinajstić information content (AvgIpc) is 3.36. The van der Waals surface area contributed by atoms with Crippen molar-refractivity contribution in [2.24, 2.45) is 0 Å². The zero-order valence-electron chi connectivity index (χ0n) is 13.3. The quantitative estimate of drug-likeness (QED) is 0.772. The molecule has 2 aromatic heterocycles. The normalized spacial score (nSPS) is 16.5. The van der Waals surface area contributed by atoms with Crippen molar-refractivity contribution in [1.82, 2.24) is 15.2 Å². The molecule has 0 unspecified atom stereocenters. The van der Waals surface area contributed by atoms with Crippen molar-refractivity contribution in [3.8, 4) is 0 Å². The van der Waals surface area contributed by atoms with E-state index in [1.807, 2.05) is 30.3 Å². The van der Waals surface area contributed by atoms with E-state index >= 15 is 0 Å². The summed E-state index contributed by atoms with van der Waals surface area (Å²) < 4.78 is 6.63. The molecule has 1 aliphatic rings. The van der Waals surface area contributed by atoms with Crippen LogP contribution in [0.25, 0.3) is 10.2 Å². The highest BCUT2D eigenvalue weighted by Crippen LogP contribution is 2.25. The van der Waals surface area contributed by atoms with E-state index in [4.69, 9.17) is 4.42 Å². The number of furan rings is 1. The van der Waals surface area contributed by atoms with Gasteiger partial charge in [0.05, 0.1) is 28.0 Å². The number of benzene rings is 1. The minimum atomic E-state index is -0.0546. The monoisotopic (exact) mass is 341 g/mol. The molecular weight excluding hydrogens is 322 g/mol. The molecule has 1 fully saturated rings. The van der Waals surface area contributed by atoms with Crippen LogP contribution in [0, 0.1) is 0 Å². The molecule has 1 aromatic carbocycles. The Labute approximate surface area is 144 Å². The smallest absolute Gasteiger partial charge is 0.251 e. The Bertz CT molecular complexity index is 822. The first kappa shape index (κ1) is 15.4. The molecule has 0 bridgehead atoms. The molecule has 0 spiro atoms. The van der Waals surface area contributed by atoms with Crippen LogP contribution < -0.4 is 5.32 Å². The van der Waals surface area contributed by atoms with Gasteiger partial charge in [0.1, 0.15) is 5.76 Å².